The summed E-state index contributed by atoms with van der Waals surface area (Å²) in [4.78, 5) is 12.7. The van der Waals surface area contributed by atoms with Gasteiger partial charge < -0.3 is 15.2 Å². The maximum atomic E-state index is 13.2. The molecule has 35 heavy (non-hydrogen) atoms. The van der Waals surface area contributed by atoms with E-state index in [2.05, 4.69) is 10.0 Å². The topological polar surface area (TPSA) is 105 Å². The van der Waals surface area contributed by atoms with Crippen LogP contribution >= 0.6 is 11.6 Å². The number of hydrogen-bond acceptors (Lipinski definition) is 5. The van der Waals surface area contributed by atoms with Crippen LogP contribution in [0.15, 0.2) is 47.4 Å². The van der Waals surface area contributed by atoms with Gasteiger partial charge in [0, 0.05) is 17.1 Å². The van der Waals surface area contributed by atoms with Gasteiger partial charge in [0.05, 0.1) is 23.2 Å². The molecule has 7 nitrogen and oxygen atoms in total. The normalized spacial score (nSPS) is 29.2. The number of amides is 1. The number of sulfonamides is 1. The van der Waals surface area contributed by atoms with Crippen LogP contribution in [0.4, 0.5) is 0 Å². The maximum absolute atomic E-state index is 13.2. The van der Waals surface area contributed by atoms with Gasteiger partial charge in [-0.15, -0.1) is 0 Å². The van der Waals surface area contributed by atoms with Crippen molar-refractivity contribution < 1.29 is 23.1 Å². The average Bonchev–Trinajstić information content (AvgIpc) is 2.77. The Morgan fingerprint density at radius 2 is 1.80 bits per heavy atom. The molecule has 0 spiro atoms. The number of rotatable bonds is 8. The van der Waals surface area contributed by atoms with Crippen LogP contribution in [0.1, 0.15) is 54.4 Å². The number of nitrogens with one attached hydrogen (secondary N) is 2. The van der Waals surface area contributed by atoms with Crippen molar-refractivity contribution in [3.8, 4) is 5.75 Å². The first-order valence-corrected chi connectivity index (χ1v) is 13.9. The number of aliphatic hydroxyl groups is 1. The lowest BCUT2D eigenvalue weighted by molar-refractivity contribution is -0.137. The summed E-state index contributed by atoms with van der Waals surface area (Å²) in [5.74, 6) is 0.951. The average molecular weight is 519 g/mol. The largest absolute Gasteiger partial charge is 0.496 e. The fourth-order valence-corrected chi connectivity index (χ4v) is 8.38. The SMILES string of the molecule is COc1ccc(Cl)cc1C(=O)NCCc1ccc(S(=O)(=O)NC23C[C@@H]4C[C@H](CC(O)(C4)C2)C3)cc1. The van der Waals surface area contributed by atoms with Crippen molar-refractivity contribution in [3.63, 3.8) is 0 Å². The Labute approximate surface area is 211 Å². The number of methoxy groups -OCH3 is 1. The van der Waals surface area contributed by atoms with Crippen molar-refractivity contribution in [1.29, 1.82) is 0 Å². The van der Waals surface area contributed by atoms with Crippen LogP contribution in [0.25, 0.3) is 0 Å². The van der Waals surface area contributed by atoms with E-state index in [4.69, 9.17) is 16.3 Å². The lowest BCUT2D eigenvalue weighted by Gasteiger charge is -2.60. The molecule has 0 aliphatic heterocycles. The molecule has 0 aromatic heterocycles. The second-order valence-corrected chi connectivity index (χ2v) is 12.7. The first kappa shape index (κ1) is 24.6. The summed E-state index contributed by atoms with van der Waals surface area (Å²) in [7, 11) is -2.21. The molecule has 1 amide bonds. The molecule has 0 saturated heterocycles. The lowest BCUT2D eigenvalue weighted by Crippen LogP contribution is -2.65. The molecule has 0 radical (unpaired) electrons. The number of halogens is 1. The summed E-state index contributed by atoms with van der Waals surface area (Å²) in [6.45, 7) is 0.378. The van der Waals surface area contributed by atoms with E-state index in [1.54, 1.807) is 42.5 Å². The third kappa shape index (κ3) is 5.07. The zero-order chi connectivity index (χ0) is 24.8. The van der Waals surface area contributed by atoms with Crippen LogP contribution in [0.2, 0.25) is 5.02 Å². The zero-order valence-corrected chi connectivity index (χ0v) is 21.3. The van der Waals surface area contributed by atoms with Crippen LogP contribution in [-0.2, 0) is 16.4 Å². The minimum absolute atomic E-state index is 0.219. The van der Waals surface area contributed by atoms with Gasteiger partial charge in [0.1, 0.15) is 5.75 Å². The van der Waals surface area contributed by atoms with Crippen LogP contribution in [0, 0.1) is 11.8 Å². The van der Waals surface area contributed by atoms with E-state index in [1.807, 2.05) is 0 Å². The van der Waals surface area contributed by atoms with Crippen molar-refractivity contribution in [3.05, 3.63) is 58.6 Å². The van der Waals surface area contributed by atoms with E-state index in [-0.39, 0.29) is 10.8 Å². The fraction of sp³-hybridized carbons (Fsp3) is 0.500. The molecule has 4 fully saturated rings. The number of hydrogen-bond donors (Lipinski definition) is 3. The third-order valence-electron chi connectivity index (χ3n) is 7.72. The van der Waals surface area contributed by atoms with Crippen molar-refractivity contribution in [2.45, 2.75) is 61.0 Å². The van der Waals surface area contributed by atoms with Gasteiger partial charge in [-0.3, -0.25) is 4.79 Å². The molecule has 2 aromatic rings. The Morgan fingerprint density at radius 1 is 1.11 bits per heavy atom. The summed E-state index contributed by atoms with van der Waals surface area (Å²) in [5, 5.41) is 14.2. The maximum Gasteiger partial charge on any atom is 0.255 e. The summed E-state index contributed by atoms with van der Waals surface area (Å²) >= 11 is 6.00. The number of benzene rings is 2. The van der Waals surface area contributed by atoms with E-state index >= 15 is 0 Å². The predicted octanol–water partition coefficient (Wildman–Crippen LogP) is 3.68. The standard InChI is InChI=1S/C26H31ClN2O5S/c1-34-23-7-4-20(27)11-22(23)24(30)28-9-8-17-2-5-21(6-3-17)35(32,33)29-25-12-18-10-19(13-25)15-26(31,14-18)16-25/h2-7,11,18-19,29,31H,8-10,12-16H2,1H3,(H,28,30)/t18-,19-,25?,26?/m0/s1. The molecule has 3 N–H and O–H groups in total. The molecule has 0 unspecified atom stereocenters. The molecule has 9 heteroatoms. The van der Waals surface area contributed by atoms with Crippen LogP contribution in [-0.4, -0.2) is 44.2 Å². The van der Waals surface area contributed by atoms with Crippen molar-refractivity contribution in [2.75, 3.05) is 13.7 Å². The summed E-state index contributed by atoms with van der Waals surface area (Å²) in [6.07, 6.45) is 5.34. The summed E-state index contributed by atoms with van der Waals surface area (Å²) in [6, 6.07) is 11.6. The second-order valence-electron chi connectivity index (χ2n) is 10.6. The molecule has 2 atom stereocenters. The van der Waals surface area contributed by atoms with E-state index < -0.39 is 21.2 Å². The highest BCUT2D eigenvalue weighted by Crippen LogP contribution is 2.57. The van der Waals surface area contributed by atoms with E-state index in [9.17, 15) is 18.3 Å². The Morgan fingerprint density at radius 3 is 2.43 bits per heavy atom. The number of ether oxygens (including phenoxy) is 1. The predicted molar refractivity (Wildman–Crippen MR) is 133 cm³/mol. The van der Waals surface area contributed by atoms with Crippen LogP contribution in [0.5, 0.6) is 5.75 Å². The highest BCUT2D eigenvalue weighted by atomic mass is 35.5. The molecular weight excluding hydrogens is 488 g/mol. The smallest absolute Gasteiger partial charge is 0.255 e. The Hall–Kier alpha value is -2.13. The molecule has 4 saturated carbocycles. The van der Waals surface area contributed by atoms with E-state index in [0.29, 0.717) is 47.6 Å². The molecule has 6 rings (SSSR count). The van der Waals surface area contributed by atoms with Gasteiger partial charge in [0.25, 0.3) is 5.91 Å². The third-order valence-corrected chi connectivity index (χ3v) is 9.55. The monoisotopic (exact) mass is 518 g/mol. The zero-order valence-electron chi connectivity index (χ0n) is 19.7. The molecule has 4 bridgehead atoms. The van der Waals surface area contributed by atoms with E-state index in [0.717, 1.165) is 37.7 Å². The highest BCUT2D eigenvalue weighted by molar-refractivity contribution is 7.89. The first-order valence-electron chi connectivity index (χ1n) is 12.1. The summed E-state index contributed by atoms with van der Waals surface area (Å²) in [5.41, 5.74) is 0.00569. The van der Waals surface area contributed by atoms with Crippen LogP contribution in [0.3, 0.4) is 0 Å². The first-order chi connectivity index (χ1) is 16.6. The number of carbonyl (C=O) groups is 1. The Balaban J connectivity index is 1.20. The van der Waals surface area contributed by atoms with Crippen molar-refractivity contribution >= 4 is 27.5 Å². The van der Waals surface area contributed by atoms with Crippen molar-refractivity contribution in [1.82, 2.24) is 10.0 Å². The number of carbonyl (C=O) groups excluding carboxylic acids is 1. The van der Waals surface area contributed by atoms with Gasteiger partial charge in [-0.05, 0) is 92.7 Å². The minimum atomic E-state index is -3.71. The molecule has 4 aliphatic carbocycles. The molecule has 4 aliphatic rings. The minimum Gasteiger partial charge on any atom is -0.496 e. The molecule has 0 heterocycles. The fourth-order valence-electron chi connectivity index (χ4n) is 6.79. The van der Waals surface area contributed by atoms with Crippen molar-refractivity contribution in [2.24, 2.45) is 11.8 Å². The van der Waals surface area contributed by atoms with Gasteiger partial charge in [0.15, 0.2) is 0 Å². The molecular formula is C26H31ClN2O5S. The highest BCUT2D eigenvalue weighted by Gasteiger charge is 2.58. The van der Waals surface area contributed by atoms with Gasteiger partial charge in [-0.25, -0.2) is 13.1 Å². The molecule has 2 aromatic carbocycles. The van der Waals surface area contributed by atoms with Gasteiger partial charge in [0.2, 0.25) is 10.0 Å². The molecule has 188 valence electrons. The van der Waals surface area contributed by atoms with Gasteiger partial charge in [-0.2, -0.15) is 0 Å². The summed E-state index contributed by atoms with van der Waals surface area (Å²) < 4.78 is 34.6. The van der Waals surface area contributed by atoms with Gasteiger partial charge in [-0.1, -0.05) is 23.7 Å². The quantitative estimate of drug-likeness (QED) is 0.494. The van der Waals surface area contributed by atoms with E-state index in [1.165, 1.54) is 7.11 Å². The second kappa shape index (κ2) is 9.07. The lowest BCUT2D eigenvalue weighted by atomic mass is 9.51. The van der Waals surface area contributed by atoms with Gasteiger partial charge >= 0.3 is 0 Å². The Bertz CT molecular complexity index is 1220. The van der Waals surface area contributed by atoms with Crippen LogP contribution < -0.4 is 14.8 Å². The Kier molecular flexibility index (Phi) is 6.36.